The summed E-state index contributed by atoms with van der Waals surface area (Å²) in [6, 6.07) is 8.02. The fraction of sp³-hybridized carbons (Fsp3) is 0.238. The molecule has 0 amide bonds. The van der Waals surface area contributed by atoms with E-state index in [1.807, 2.05) is 28.9 Å². The summed E-state index contributed by atoms with van der Waals surface area (Å²) in [7, 11) is 0. The van der Waals surface area contributed by atoms with E-state index in [2.05, 4.69) is 40.9 Å². The van der Waals surface area contributed by atoms with Gasteiger partial charge in [0, 0.05) is 24.0 Å². The molecule has 6 heterocycles. The van der Waals surface area contributed by atoms with Gasteiger partial charge in [-0.15, -0.1) is 0 Å². The third kappa shape index (κ3) is 3.26. The van der Waals surface area contributed by atoms with Gasteiger partial charge < -0.3 is 10.6 Å². The molecule has 5 aromatic rings. The van der Waals surface area contributed by atoms with Crippen LogP contribution >= 0.6 is 0 Å². The van der Waals surface area contributed by atoms with E-state index >= 15 is 0 Å². The highest BCUT2D eigenvalue weighted by Gasteiger charge is 2.19. The average Bonchev–Trinajstić information content (AvgIpc) is 3.46. The van der Waals surface area contributed by atoms with E-state index in [1.165, 1.54) is 0 Å². The molecule has 5 aromatic heterocycles. The number of aromatic amines is 1. The summed E-state index contributed by atoms with van der Waals surface area (Å²) in [5.74, 6) is 1.27. The predicted octanol–water partition coefficient (Wildman–Crippen LogP) is 2.83. The number of hydrogen-bond acceptors (Lipinski definition) is 8. The number of anilines is 2. The molecule has 1 aliphatic heterocycles. The topological polar surface area (TPSA) is 122 Å². The molecule has 10 nitrogen and oxygen atoms in total. The van der Waals surface area contributed by atoms with Crippen LogP contribution in [0.1, 0.15) is 18.9 Å². The molecular weight excluding hydrogens is 392 g/mol. The molecule has 31 heavy (non-hydrogen) atoms. The Morgan fingerprint density at radius 3 is 2.84 bits per heavy atom. The first-order valence-corrected chi connectivity index (χ1v) is 10.3. The molecule has 154 valence electrons. The van der Waals surface area contributed by atoms with E-state index in [4.69, 9.17) is 4.98 Å². The van der Waals surface area contributed by atoms with Crippen LogP contribution in [-0.4, -0.2) is 53.0 Å². The first-order valence-electron chi connectivity index (χ1n) is 10.3. The monoisotopic (exact) mass is 412 g/mol. The van der Waals surface area contributed by atoms with Gasteiger partial charge >= 0.3 is 0 Å². The van der Waals surface area contributed by atoms with E-state index in [-0.39, 0.29) is 0 Å². The van der Waals surface area contributed by atoms with E-state index in [0.717, 1.165) is 59.4 Å². The molecule has 0 aliphatic carbocycles. The smallest absolute Gasteiger partial charge is 0.179 e. The molecule has 0 saturated carbocycles. The van der Waals surface area contributed by atoms with E-state index in [9.17, 15) is 0 Å². The van der Waals surface area contributed by atoms with E-state index in [0.29, 0.717) is 17.7 Å². The van der Waals surface area contributed by atoms with E-state index in [1.54, 1.807) is 24.8 Å². The van der Waals surface area contributed by atoms with Crippen molar-refractivity contribution in [1.82, 2.24) is 45.2 Å². The molecule has 0 atom stereocenters. The van der Waals surface area contributed by atoms with Gasteiger partial charge in [-0.05, 0) is 44.1 Å². The van der Waals surface area contributed by atoms with Crippen LogP contribution in [0.25, 0.3) is 33.5 Å². The number of rotatable bonds is 4. The van der Waals surface area contributed by atoms with Crippen LogP contribution in [0.3, 0.4) is 0 Å². The second kappa shape index (κ2) is 7.40. The van der Waals surface area contributed by atoms with Gasteiger partial charge in [-0.1, -0.05) is 0 Å². The first-order chi connectivity index (χ1) is 15.3. The van der Waals surface area contributed by atoms with Gasteiger partial charge in [-0.2, -0.15) is 10.2 Å². The molecule has 0 spiro atoms. The van der Waals surface area contributed by atoms with Crippen molar-refractivity contribution >= 4 is 33.8 Å². The summed E-state index contributed by atoms with van der Waals surface area (Å²) < 4.78 is 2.00. The number of fused-ring (bicyclic) bond motifs is 2. The second-order valence-electron chi connectivity index (χ2n) is 7.56. The molecule has 10 heteroatoms. The number of aromatic nitrogens is 8. The van der Waals surface area contributed by atoms with Crippen LogP contribution in [0.4, 0.5) is 11.6 Å². The number of pyridine rings is 2. The maximum Gasteiger partial charge on any atom is 0.179 e. The fourth-order valence-corrected chi connectivity index (χ4v) is 4.05. The van der Waals surface area contributed by atoms with Gasteiger partial charge in [0.25, 0.3) is 0 Å². The Morgan fingerprint density at radius 2 is 1.90 bits per heavy atom. The van der Waals surface area contributed by atoms with Crippen molar-refractivity contribution < 1.29 is 0 Å². The number of H-pyrrole nitrogens is 1. The van der Waals surface area contributed by atoms with Gasteiger partial charge in [0.05, 0.1) is 35.2 Å². The molecule has 0 bridgehead atoms. The minimum Gasteiger partial charge on any atom is -0.322 e. The van der Waals surface area contributed by atoms with Gasteiger partial charge in [0.1, 0.15) is 5.52 Å². The lowest BCUT2D eigenvalue weighted by atomic mass is 10.1. The highest BCUT2D eigenvalue weighted by molar-refractivity contribution is 5.90. The van der Waals surface area contributed by atoms with Crippen molar-refractivity contribution in [1.29, 1.82) is 0 Å². The van der Waals surface area contributed by atoms with Crippen molar-refractivity contribution in [2.45, 2.75) is 18.9 Å². The lowest BCUT2D eigenvalue weighted by Gasteiger charge is -2.23. The van der Waals surface area contributed by atoms with E-state index < -0.39 is 0 Å². The third-order valence-electron chi connectivity index (χ3n) is 5.58. The molecule has 0 aromatic carbocycles. The van der Waals surface area contributed by atoms with Crippen LogP contribution in [0.15, 0.2) is 49.1 Å². The Kier molecular flexibility index (Phi) is 4.27. The summed E-state index contributed by atoms with van der Waals surface area (Å²) >= 11 is 0. The highest BCUT2D eigenvalue weighted by atomic mass is 15.3. The van der Waals surface area contributed by atoms with Crippen LogP contribution in [0.2, 0.25) is 0 Å². The van der Waals surface area contributed by atoms with Gasteiger partial charge in [-0.3, -0.25) is 15.1 Å². The van der Waals surface area contributed by atoms with Crippen molar-refractivity contribution in [3.63, 3.8) is 0 Å². The van der Waals surface area contributed by atoms with Gasteiger partial charge in [0.15, 0.2) is 17.3 Å². The Morgan fingerprint density at radius 1 is 0.968 bits per heavy atom. The zero-order valence-electron chi connectivity index (χ0n) is 16.7. The number of nitrogens with one attached hydrogen (secondary N) is 3. The quantitative estimate of drug-likeness (QED) is 0.412. The zero-order chi connectivity index (χ0) is 20.6. The minimum absolute atomic E-state index is 0.341. The largest absolute Gasteiger partial charge is 0.322 e. The van der Waals surface area contributed by atoms with Crippen molar-refractivity contribution in [2.75, 3.05) is 18.4 Å². The maximum atomic E-state index is 4.77. The summed E-state index contributed by atoms with van der Waals surface area (Å²) in [5.41, 5.74) is 5.04. The molecule has 1 aliphatic rings. The number of hydrogen-bond donors (Lipinski definition) is 3. The van der Waals surface area contributed by atoms with Crippen LogP contribution in [-0.2, 0) is 0 Å². The number of piperidine rings is 1. The fourth-order valence-electron chi connectivity index (χ4n) is 4.05. The minimum atomic E-state index is 0.341. The highest BCUT2D eigenvalue weighted by Crippen LogP contribution is 2.27. The molecule has 1 fully saturated rings. The third-order valence-corrected chi connectivity index (χ3v) is 5.58. The Bertz CT molecular complexity index is 1360. The van der Waals surface area contributed by atoms with Gasteiger partial charge in [0.2, 0.25) is 0 Å². The molecular formula is C21H20N10. The molecule has 3 N–H and O–H groups in total. The SMILES string of the molecule is c1cnc2c(-c3cc(Nc4cnc5cnn(C6CCNCC6)c5n4)n[nH]3)ccnc2c1. The summed E-state index contributed by atoms with van der Waals surface area (Å²) in [4.78, 5) is 18.1. The summed E-state index contributed by atoms with van der Waals surface area (Å²) in [6.07, 6.45) is 9.09. The zero-order valence-corrected chi connectivity index (χ0v) is 16.7. The maximum absolute atomic E-state index is 4.77. The van der Waals surface area contributed by atoms with Crippen LogP contribution in [0, 0.1) is 0 Å². The lowest BCUT2D eigenvalue weighted by Crippen LogP contribution is -2.29. The van der Waals surface area contributed by atoms with Crippen LogP contribution in [0.5, 0.6) is 0 Å². The summed E-state index contributed by atoms with van der Waals surface area (Å²) in [6.45, 7) is 1.98. The molecule has 6 rings (SSSR count). The Hall–Kier alpha value is -3.92. The van der Waals surface area contributed by atoms with Crippen molar-refractivity contribution in [3.8, 4) is 11.3 Å². The molecule has 1 saturated heterocycles. The average molecular weight is 412 g/mol. The second-order valence-corrected chi connectivity index (χ2v) is 7.56. The van der Waals surface area contributed by atoms with Crippen molar-refractivity contribution in [2.24, 2.45) is 0 Å². The molecule has 0 unspecified atom stereocenters. The number of nitrogens with zero attached hydrogens (tertiary/aromatic N) is 7. The lowest BCUT2D eigenvalue weighted by molar-refractivity contribution is 0.350. The van der Waals surface area contributed by atoms with Crippen molar-refractivity contribution in [3.05, 3.63) is 49.1 Å². The Balaban J connectivity index is 1.30. The first kappa shape index (κ1) is 17.9. The van der Waals surface area contributed by atoms with Gasteiger partial charge in [-0.25, -0.2) is 14.6 Å². The predicted molar refractivity (Wildman–Crippen MR) is 117 cm³/mol. The molecule has 0 radical (unpaired) electrons. The standard InChI is InChI=1S/C21H20N10/c1-2-15-20(24-6-1)14(5-9-23-15)16-10-18(30-29-16)27-19-12-25-17-11-26-31(21(17)28-19)13-3-7-22-8-4-13/h1-2,5-6,9-13,22H,3-4,7-8H2,(H2,27,28,29,30). The normalized spacial score (nSPS) is 15.0. The van der Waals surface area contributed by atoms with Crippen LogP contribution < -0.4 is 10.6 Å². The summed E-state index contributed by atoms with van der Waals surface area (Å²) in [5, 5.41) is 18.6. The Labute approximate surface area is 177 Å².